The summed E-state index contributed by atoms with van der Waals surface area (Å²) >= 11 is 1.61. The Morgan fingerprint density at radius 1 is 1.15 bits per heavy atom. The molecule has 0 spiro atoms. The summed E-state index contributed by atoms with van der Waals surface area (Å²) in [5, 5.41) is 6.80. The molecule has 1 aromatic heterocycles. The Morgan fingerprint density at radius 3 is 2.45 bits per heavy atom. The monoisotopic (exact) mass is 291 g/mol. The van der Waals surface area contributed by atoms with E-state index in [0.29, 0.717) is 18.9 Å². The van der Waals surface area contributed by atoms with Crippen LogP contribution < -0.4 is 14.8 Å². The second-order valence-electron chi connectivity index (χ2n) is 4.10. The van der Waals surface area contributed by atoms with Gasteiger partial charge in [0, 0.05) is 6.54 Å². The van der Waals surface area contributed by atoms with Gasteiger partial charge in [0.05, 0.1) is 6.61 Å². The van der Waals surface area contributed by atoms with Gasteiger partial charge in [-0.2, -0.15) is 11.3 Å². The van der Waals surface area contributed by atoms with Gasteiger partial charge in [-0.1, -0.05) is 0 Å². The van der Waals surface area contributed by atoms with Crippen molar-refractivity contribution in [3.05, 3.63) is 46.7 Å². The summed E-state index contributed by atoms with van der Waals surface area (Å²) in [5.41, 5.74) is 1.10. The molecule has 0 aliphatic heterocycles. The molecule has 0 fully saturated rings. The van der Waals surface area contributed by atoms with Crippen LogP contribution in [0.2, 0.25) is 0 Å². The number of ether oxygens (including phenoxy) is 2. The smallest absolute Gasteiger partial charge is 0.258 e. The molecule has 0 saturated heterocycles. The van der Waals surface area contributed by atoms with Crippen LogP contribution in [0.4, 0.5) is 0 Å². The van der Waals surface area contributed by atoms with Crippen molar-refractivity contribution in [2.24, 2.45) is 0 Å². The van der Waals surface area contributed by atoms with Crippen LogP contribution in [-0.4, -0.2) is 19.1 Å². The fourth-order valence-electron chi connectivity index (χ4n) is 1.59. The quantitative estimate of drug-likeness (QED) is 0.853. The number of nitrogens with one attached hydrogen (secondary N) is 1. The molecule has 0 unspecified atom stereocenters. The molecule has 2 rings (SSSR count). The second-order valence-corrected chi connectivity index (χ2v) is 4.88. The third-order valence-electron chi connectivity index (χ3n) is 2.57. The van der Waals surface area contributed by atoms with Gasteiger partial charge in [0.1, 0.15) is 11.5 Å². The molecule has 1 amide bonds. The van der Waals surface area contributed by atoms with E-state index in [2.05, 4.69) is 5.32 Å². The lowest BCUT2D eigenvalue weighted by molar-refractivity contribution is -0.123. The average molecular weight is 291 g/mol. The summed E-state index contributed by atoms with van der Waals surface area (Å²) in [6.07, 6.45) is 0. The van der Waals surface area contributed by atoms with E-state index < -0.39 is 0 Å². The first-order valence-electron chi connectivity index (χ1n) is 6.41. The van der Waals surface area contributed by atoms with Gasteiger partial charge >= 0.3 is 0 Å². The molecule has 1 N–H and O–H groups in total. The fourth-order valence-corrected chi connectivity index (χ4v) is 2.26. The minimum absolute atomic E-state index is 0.0120. The SMILES string of the molecule is CCOc1ccc(OCC(=O)NCc2ccsc2)cc1. The highest BCUT2D eigenvalue weighted by Crippen LogP contribution is 2.17. The van der Waals surface area contributed by atoms with Crippen LogP contribution in [0.5, 0.6) is 11.5 Å². The number of rotatable bonds is 7. The second kappa shape index (κ2) is 7.55. The summed E-state index contributed by atoms with van der Waals surface area (Å²) in [6.45, 7) is 3.11. The summed E-state index contributed by atoms with van der Waals surface area (Å²) in [7, 11) is 0. The Hall–Kier alpha value is -2.01. The lowest BCUT2D eigenvalue weighted by Gasteiger charge is -2.08. The van der Waals surface area contributed by atoms with E-state index in [4.69, 9.17) is 9.47 Å². The van der Waals surface area contributed by atoms with E-state index in [9.17, 15) is 4.79 Å². The molecule has 0 radical (unpaired) electrons. The molecule has 5 heteroatoms. The fraction of sp³-hybridized carbons (Fsp3) is 0.267. The standard InChI is InChI=1S/C15H17NO3S/c1-2-18-13-3-5-14(6-4-13)19-10-15(17)16-9-12-7-8-20-11-12/h3-8,11H,2,9-10H2,1H3,(H,16,17). The average Bonchev–Trinajstić information content (AvgIpc) is 2.98. The Labute approximate surface area is 122 Å². The maximum Gasteiger partial charge on any atom is 0.258 e. The molecule has 0 atom stereocenters. The minimum Gasteiger partial charge on any atom is -0.494 e. The van der Waals surface area contributed by atoms with Gasteiger partial charge in [-0.15, -0.1) is 0 Å². The van der Waals surface area contributed by atoms with Gasteiger partial charge in [-0.05, 0) is 53.6 Å². The van der Waals surface area contributed by atoms with Crippen molar-refractivity contribution >= 4 is 17.2 Å². The van der Waals surface area contributed by atoms with Crippen LogP contribution in [0.15, 0.2) is 41.1 Å². The highest BCUT2D eigenvalue weighted by molar-refractivity contribution is 7.07. The Balaban J connectivity index is 1.72. The molecule has 4 nitrogen and oxygen atoms in total. The normalized spacial score (nSPS) is 10.1. The van der Waals surface area contributed by atoms with Gasteiger partial charge < -0.3 is 14.8 Å². The molecular weight excluding hydrogens is 274 g/mol. The molecule has 106 valence electrons. The zero-order chi connectivity index (χ0) is 14.2. The van der Waals surface area contributed by atoms with Gasteiger partial charge in [0.25, 0.3) is 5.91 Å². The molecule has 0 aliphatic rings. The lowest BCUT2D eigenvalue weighted by Crippen LogP contribution is -2.28. The topological polar surface area (TPSA) is 47.6 Å². The van der Waals surface area contributed by atoms with Crippen molar-refractivity contribution < 1.29 is 14.3 Å². The number of carbonyl (C=O) groups is 1. The number of thiophene rings is 1. The maximum absolute atomic E-state index is 11.6. The van der Waals surface area contributed by atoms with Gasteiger partial charge in [0.2, 0.25) is 0 Å². The van der Waals surface area contributed by atoms with E-state index >= 15 is 0 Å². The first-order valence-corrected chi connectivity index (χ1v) is 7.35. The Bertz CT molecular complexity index is 523. The molecule has 0 saturated carbocycles. The predicted octanol–water partition coefficient (Wildman–Crippen LogP) is 2.84. The highest BCUT2D eigenvalue weighted by atomic mass is 32.1. The number of hydrogen-bond donors (Lipinski definition) is 1. The summed E-state index contributed by atoms with van der Waals surface area (Å²) in [6, 6.07) is 9.21. The van der Waals surface area contributed by atoms with Crippen molar-refractivity contribution in [3.8, 4) is 11.5 Å². The zero-order valence-corrected chi connectivity index (χ0v) is 12.1. The van der Waals surface area contributed by atoms with Crippen molar-refractivity contribution in [1.82, 2.24) is 5.32 Å². The van der Waals surface area contributed by atoms with Crippen LogP contribution in [0.1, 0.15) is 12.5 Å². The van der Waals surface area contributed by atoms with E-state index in [1.165, 1.54) is 0 Å². The molecule has 1 aromatic carbocycles. The summed E-state index contributed by atoms with van der Waals surface area (Å²) in [4.78, 5) is 11.6. The molecule has 2 aromatic rings. The summed E-state index contributed by atoms with van der Waals surface area (Å²) in [5.74, 6) is 1.31. The third-order valence-corrected chi connectivity index (χ3v) is 3.31. The number of benzene rings is 1. The molecule has 20 heavy (non-hydrogen) atoms. The molecule has 1 heterocycles. The minimum atomic E-state index is -0.134. The Morgan fingerprint density at radius 2 is 1.85 bits per heavy atom. The van der Waals surface area contributed by atoms with Gasteiger partial charge in [-0.25, -0.2) is 0 Å². The third kappa shape index (κ3) is 4.59. The van der Waals surface area contributed by atoms with Crippen molar-refractivity contribution in [1.29, 1.82) is 0 Å². The van der Waals surface area contributed by atoms with Gasteiger partial charge in [0.15, 0.2) is 6.61 Å². The van der Waals surface area contributed by atoms with Crippen LogP contribution in [-0.2, 0) is 11.3 Å². The molecular formula is C15H17NO3S. The van der Waals surface area contributed by atoms with E-state index in [1.807, 2.05) is 35.9 Å². The first-order chi connectivity index (χ1) is 9.78. The maximum atomic E-state index is 11.6. The van der Waals surface area contributed by atoms with E-state index in [1.54, 1.807) is 23.5 Å². The van der Waals surface area contributed by atoms with Crippen LogP contribution >= 0.6 is 11.3 Å². The number of hydrogen-bond acceptors (Lipinski definition) is 4. The lowest BCUT2D eigenvalue weighted by atomic mass is 10.3. The number of carbonyl (C=O) groups excluding carboxylic acids is 1. The van der Waals surface area contributed by atoms with Crippen LogP contribution in [0.3, 0.4) is 0 Å². The Kier molecular flexibility index (Phi) is 5.43. The predicted molar refractivity (Wildman–Crippen MR) is 79.3 cm³/mol. The molecule has 0 bridgehead atoms. The summed E-state index contributed by atoms with van der Waals surface area (Å²) < 4.78 is 10.7. The largest absolute Gasteiger partial charge is 0.494 e. The van der Waals surface area contributed by atoms with Crippen molar-refractivity contribution in [2.75, 3.05) is 13.2 Å². The van der Waals surface area contributed by atoms with E-state index in [-0.39, 0.29) is 12.5 Å². The number of amides is 1. The first kappa shape index (κ1) is 14.4. The van der Waals surface area contributed by atoms with E-state index in [0.717, 1.165) is 11.3 Å². The highest BCUT2D eigenvalue weighted by Gasteiger charge is 2.03. The van der Waals surface area contributed by atoms with Crippen LogP contribution in [0, 0.1) is 0 Å². The van der Waals surface area contributed by atoms with Crippen molar-refractivity contribution in [3.63, 3.8) is 0 Å². The zero-order valence-electron chi connectivity index (χ0n) is 11.3. The van der Waals surface area contributed by atoms with Gasteiger partial charge in [-0.3, -0.25) is 4.79 Å². The molecule has 0 aliphatic carbocycles. The van der Waals surface area contributed by atoms with Crippen LogP contribution in [0.25, 0.3) is 0 Å². The van der Waals surface area contributed by atoms with Crippen molar-refractivity contribution in [2.45, 2.75) is 13.5 Å².